The average molecular weight is 289 g/mol. The van der Waals surface area contributed by atoms with Crippen molar-refractivity contribution >= 4 is 23.1 Å². The maximum atomic E-state index is 11.0. The Morgan fingerprint density at radius 2 is 2.16 bits per heavy atom. The molecular weight excluding hydrogens is 272 g/mol. The van der Waals surface area contributed by atoms with Crippen molar-refractivity contribution < 1.29 is 10.0 Å². The number of hydrogen-bond acceptors (Lipinski definition) is 6. The first-order chi connectivity index (χ1) is 9.04. The van der Waals surface area contributed by atoms with Crippen molar-refractivity contribution in [1.29, 1.82) is 0 Å². The van der Waals surface area contributed by atoms with Gasteiger partial charge in [0.1, 0.15) is 6.20 Å². The number of aromatic nitrogens is 2. The van der Waals surface area contributed by atoms with Crippen LogP contribution in [0.3, 0.4) is 0 Å². The first kappa shape index (κ1) is 15.6. The van der Waals surface area contributed by atoms with Crippen molar-refractivity contribution in [2.45, 2.75) is 32.7 Å². The largest absolute Gasteiger partial charge is 0.395 e. The zero-order valence-electron chi connectivity index (χ0n) is 10.9. The number of halogens is 1. The van der Waals surface area contributed by atoms with Crippen LogP contribution in [-0.2, 0) is 0 Å². The lowest BCUT2D eigenvalue weighted by Gasteiger charge is -2.30. The molecule has 0 saturated heterocycles. The van der Waals surface area contributed by atoms with Crippen molar-refractivity contribution in [3.8, 4) is 0 Å². The van der Waals surface area contributed by atoms with Crippen LogP contribution in [0, 0.1) is 10.1 Å². The predicted molar refractivity (Wildman–Crippen MR) is 72.5 cm³/mol. The van der Waals surface area contributed by atoms with Crippen LogP contribution in [0.25, 0.3) is 0 Å². The van der Waals surface area contributed by atoms with Crippen LogP contribution in [0.5, 0.6) is 0 Å². The van der Waals surface area contributed by atoms with Crippen LogP contribution in [-0.4, -0.2) is 39.2 Å². The Morgan fingerprint density at radius 1 is 1.53 bits per heavy atom. The summed E-state index contributed by atoms with van der Waals surface area (Å²) >= 11 is 5.72. The van der Waals surface area contributed by atoms with E-state index in [9.17, 15) is 10.1 Å². The molecule has 0 radical (unpaired) electrons. The van der Waals surface area contributed by atoms with Gasteiger partial charge in [0.05, 0.1) is 11.5 Å². The van der Waals surface area contributed by atoms with E-state index in [2.05, 4.69) is 9.97 Å². The van der Waals surface area contributed by atoms with Gasteiger partial charge in [-0.15, -0.1) is 0 Å². The normalized spacial score (nSPS) is 10.8. The molecule has 0 atom stereocenters. The molecule has 0 fully saturated rings. The Kier molecular flexibility index (Phi) is 5.91. The number of nitro groups is 1. The Labute approximate surface area is 116 Å². The van der Waals surface area contributed by atoms with Crippen LogP contribution in [0.15, 0.2) is 6.20 Å². The predicted octanol–water partition coefficient (Wildman–Crippen LogP) is 2.03. The van der Waals surface area contributed by atoms with Crippen LogP contribution in [0.4, 0.5) is 11.5 Å². The maximum Gasteiger partial charge on any atom is 0.329 e. The smallest absolute Gasteiger partial charge is 0.329 e. The molecule has 0 amide bonds. The SMILES string of the molecule is CCC(CC)N(CCO)c1nc(Cl)ncc1[N+](=O)[O-]. The van der Waals surface area contributed by atoms with Crippen LogP contribution in [0.1, 0.15) is 26.7 Å². The number of aliphatic hydroxyl groups is 1. The molecule has 19 heavy (non-hydrogen) atoms. The van der Waals surface area contributed by atoms with Crippen LogP contribution in [0.2, 0.25) is 5.28 Å². The summed E-state index contributed by atoms with van der Waals surface area (Å²) in [6, 6.07) is 0.0526. The van der Waals surface area contributed by atoms with Crippen LogP contribution >= 0.6 is 11.6 Å². The van der Waals surface area contributed by atoms with E-state index in [1.165, 1.54) is 0 Å². The highest BCUT2D eigenvalue weighted by Gasteiger charge is 2.26. The summed E-state index contributed by atoms with van der Waals surface area (Å²) in [4.78, 5) is 19.8. The molecule has 1 aromatic rings. The Morgan fingerprint density at radius 3 is 2.63 bits per heavy atom. The summed E-state index contributed by atoms with van der Waals surface area (Å²) in [6.07, 6.45) is 2.67. The van der Waals surface area contributed by atoms with E-state index in [1.54, 1.807) is 4.90 Å². The molecule has 0 aliphatic rings. The Balaban J connectivity index is 3.27. The second-order valence-electron chi connectivity index (χ2n) is 3.99. The molecule has 0 aliphatic heterocycles. The summed E-state index contributed by atoms with van der Waals surface area (Å²) < 4.78 is 0. The number of aliphatic hydroxyl groups excluding tert-OH is 1. The van der Waals surface area contributed by atoms with Crippen LogP contribution < -0.4 is 4.90 Å². The van der Waals surface area contributed by atoms with E-state index in [4.69, 9.17) is 16.7 Å². The van der Waals surface area contributed by atoms with E-state index in [-0.39, 0.29) is 36.0 Å². The third kappa shape index (κ3) is 3.74. The summed E-state index contributed by atoms with van der Waals surface area (Å²) in [7, 11) is 0. The summed E-state index contributed by atoms with van der Waals surface area (Å²) in [6.45, 7) is 4.11. The van der Waals surface area contributed by atoms with E-state index >= 15 is 0 Å². The molecule has 0 aliphatic carbocycles. The average Bonchev–Trinajstić information content (AvgIpc) is 2.38. The lowest BCUT2D eigenvalue weighted by Crippen LogP contribution is -2.38. The molecular formula is C11H17ClN4O3. The monoisotopic (exact) mass is 288 g/mol. The number of hydrogen-bond donors (Lipinski definition) is 1. The Hall–Kier alpha value is -1.47. The van der Waals surface area contributed by atoms with E-state index < -0.39 is 4.92 Å². The minimum absolute atomic E-state index is 0.0468. The highest BCUT2D eigenvalue weighted by atomic mass is 35.5. The Bertz CT molecular complexity index is 440. The van der Waals surface area contributed by atoms with Gasteiger partial charge in [-0.05, 0) is 24.4 Å². The van der Waals surface area contributed by atoms with Gasteiger partial charge in [0.15, 0.2) is 0 Å². The molecule has 0 unspecified atom stereocenters. The second-order valence-corrected chi connectivity index (χ2v) is 4.33. The van der Waals surface area contributed by atoms with Gasteiger partial charge >= 0.3 is 5.69 Å². The molecule has 1 N–H and O–H groups in total. The molecule has 1 rings (SSSR count). The van der Waals surface area contributed by atoms with Gasteiger partial charge in [-0.1, -0.05) is 13.8 Å². The zero-order valence-corrected chi connectivity index (χ0v) is 11.7. The maximum absolute atomic E-state index is 11.0. The van der Waals surface area contributed by atoms with Gasteiger partial charge in [0, 0.05) is 12.6 Å². The molecule has 8 heteroatoms. The third-order valence-corrected chi connectivity index (χ3v) is 3.10. The third-order valence-electron chi connectivity index (χ3n) is 2.91. The fourth-order valence-electron chi connectivity index (χ4n) is 1.98. The van der Waals surface area contributed by atoms with Gasteiger partial charge in [-0.3, -0.25) is 10.1 Å². The van der Waals surface area contributed by atoms with E-state index in [0.717, 1.165) is 19.0 Å². The van der Waals surface area contributed by atoms with E-state index in [0.29, 0.717) is 0 Å². The molecule has 0 saturated carbocycles. The van der Waals surface area contributed by atoms with Gasteiger partial charge in [0.25, 0.3) is 0 Å². The number of nitrogens with zero attached hydrogens (tertiary/aromatic N) is 4. The molecule has 106 valence electrons. The highest BCUT2D eigenvalue weighted by Crippen LogP contribution is 2.28. The molecule has 0 aromatic carbocycles. The van der Waals surface area contributed by atoms with Crippen molar-refractivity contribution in [3.63, 3.8) is 0 Å². The standard InChI is InChI=1S/C11H17ClN4O3/c1-3-8(4-2)15(5-6-17)10-9(16(18)19)7-13-11(12)14-10/h7-8,17H,3-6H2,1-2H3. The summed E-state index contributed by atoms with van der Waals surface area (Å²) in [5, 5.41) is 20.1. The quantitative estimate of drug-likeness (QED) is 0.469. The highest BCUT2D eigenvalue weighted by molar-refractivity contribution is 6.28. The van der Waals surface area contributed by atoms with Gasteiger partial charge in [-0.2, -0.15) is 4.98 Å². The molecule has 1 heterocycles. The summed E-state index contributed by atoms with van der Waals surface area (Å²) in [5.41, 5.74) is -0.204. The molecule has 0 spiro atoms. The first-order valence-electron chi connectivity index (χ1n) is 6.09. The topological polar surface area (TPSA) is 92.4 Å². The zero-order chi connectivity index (χ0) is 14.4. The van der Waals surface area contributed by atoms with Crippen molar-refractivity contribution in [3.05, 3.63) is 21.6 Å². The summed E-state index contributed by atoms with van der Waals surface area (Å²) in [5.74, 6) is 0.160. The fourth-order valence-corrected chi connectivity index (χ4v) is 2.11. The van der Waals surface area contributed by atoms with Gasteiger partial charge in [0.2, 0.25) is 11.1 Å². The van der Waals surface area contributed by atoms with E-state index in [1.807, 2.05) is 13.8 Å². The first-order valence-corrected chi connectivity index (χ1v) is 6.47. The van der Waals surface area contributed by atoms with Crippen molar-refractivity contribution in [2.75, 3.05) is 18.1 Å². The molecule has 7 nitrogen and oxygen atoms in total. The number of anilines is 1. The fraction of sp³-hybridized carbons (Fsp3) is 0.636. The van der Waals surface area contributed by atoms with Gasteiger partial charge in [-0.25, -0.2) is 4.98 Å². The lowest BCUT2D eigenvalue weighted by atomic mass is 10.1. The van der Waals surface area contributed by atoms with Gasteiger partial charge < -0.3 is 10.0 Å². The second kappa shape index (κ2) is 7.20. The molecule has 0 bridgehead atoms. The van der Waals surface area contributed by atoms with Crippen molar-refractivity contribution in [1.82, 2.24) is 9.97 Å². The minimum atomic E-state index is -0.543. The lowest BCUT2D eigenvalue weighted by molar-refractivity contribution is -0.384. The minimum Gasteiger partial charge on any atom is -0.395 e. The van der Waals surface area contributed by atoms with Crippen molar-refractivity contribution in [2.24, 2.45) is 0 Å². The molecule has 1 aromatic heterocycles. The number of rotatable bonds is 7.